The third-order valence-electron chi connectivity index (χ3n) is 3.62. The molecule has 3 heteroatoms. The van der Waals surface area contributed by atoms with Crippen LogP contribution in [0, 0.1) is 12.8 Å². The second kappa shape index (κ2) is 6.20. The van der Waals surface area contributed by atoms with E-state index >= 15 is 0 Å². The number of amides is 1. The van der Waals surface area contributed by atoms with Gasteiger partial charge in [0.05, 0.1) is 0 Å². The zero-order chi connectivity index (χ0) is 14.6. The smallest absolute Gasteiger partial charge is 0.226 e. The molecule has 0 aromatic heterocycles. The molecule has 3 nitrogen and oxygen atoms in total. The lowest BCUT2D eigenvalue weighted by molar-refractivity contribution is -0.134. The van der Waals surface area contributed by atoms with Crippen molar-refractivity contribution in [1.82, 2.24) is 4.90 Å². The first kappa shape index (κ1) is 15.7. The van der Waals surface area contributed by atoms with Crippen molar-refractivity contribution in [1.29, 1.82) is 0 Å². The van der Waals surface area contributed by atoms with Crippen LogP contribution in [0.5, 0.6) is 0 Å². The Bertz CT molecular complexity index is 423. The van der Waals surface area contributed by atoms with Crippen LogP contribution in [-0.4, -0.2) is 30.9 Å². The molecule has 0 aliphatic rings. The SMILES string of the molecule is Cc1ccc(C(C)(C)CN(C)C(=O)C(C)CN)cc1. The minimum Gasteiger partial charge on any atom is -0.345 e. The van der Waals surface area contributed by atoms with Crippen LogP contribution in [0.4, 0.5) is 0 Å². The Morgan fingerprint density at radius 1 is 1.32 bits per heavy atom. The number of aryl methyl sites for hydroxylation is 1. The van der Waals surface area contributed by atoms with Gasteiger partial charge in [-0.05, 0) is 12.5 Å². The molecule has 0 aliphatic heterocycles. The summed E-state index contributed by atoms with van der Waals surface area (Å²) in [5.74, 6) is 0.00139. The lowest BCUT2D eigenvalue weighted by Crippen LogP contribution is -2.42. The molecule has 1 amide bonds. The molecule has 1 rings (SSSR count). The minimum absolute atomic E-state index is 0.0631. The third-order valence-corrected chi connectivity index (χ3v) is 3.62. The van der Waals surface area contributed by atoms with Crippen molar-refractivity contribution in [2.75, 3.05) is 20.1 Å². The van der Waals surface area contributed by atoms with Gasteiger partial charge in [0.25, 0.3) is 0 Å². The second-order valence-electron chi connectivity index (χ2n) is 6.08. The first-order valence-corrected chi connectivity index (χ1v) is 6.80. The summed E-state index contributed by atoms with van der Waals surface area (Å²) in [6.45, 7) is 9.36. The highest BCUT2D eigenvalue weighted by atomic mass is 16.2. The summed E-state index contributed by atoms with van der Waals surface area (Å²) in [5, 5.41) is 0. The summed E-state index contributed by atoms with van der Waals surface area (Å²) in [6, 6.07) is 8.50. The monoisotopic (exact) mass is 262 g/mol. The summed E-state index contributed by atoms with van der Waals surface area (Å²) in [7, 11) is 1.85. The number of rotatable bonds is 5. The fraction of sp³-hybridized carbons (Fsp3) is 0.562. The van der Waals surface area contributed by atoms with Crippen molar-refractivity contribution < 1.29 is 4.79 Å². The molecule has 0 aliphatic carbocycles. The summed E-state index contributed by atoms with van der Waals surface area (Å²) < 4.78 is 0. The Hall–Kier alpha value is -1.35. The average molecular weight is 262 g/mol. The van der Waals surface area contributed by atoms with Crippen LogP contribution in [-0.2, 0) is 10.2 Å². The standard InChI is InChI=1S/C16H26N2O/c1-12-6-8-14(9-7-12)16(3,4)11-18(5)15(19)13(2)10-17/h6-9,13H,10-11,17H2,1-5H3. The highest BCUT2D eigenvalue weighted by Crippen LogP contribution is 2.24. The number of carbonyl (C=O) groups excluding carboxylic acids is 1. The summed E-state index contributed by atoms with van der Waals surface area (Å²) in [6.07, 6.45) is 0. The maximum absolute atomic E-state index is 12.1. The van der Waals surface area contributed by atoms with Gasteiger partial charge in [0.15, 0.2) is 0 Å². The largest absolute Gasteiger partial charge is 0.345 e. The van der Waals surface area contributed by atoms with E-state index in [1.54, 1.807) is 4.90 Å². The van der Waals surface area contributed by atoms with Gasteiger partial charge in [-0.25, -0.2) is 0 Å². The maximum Gasteiger partial charge on any atom is 0.226 e. The van der Waals surface area contributed by atoms with Crippen molar-refractivity contribution in [3.63, 3.8) is 0 Å². The predicted molar refractivity (Wildman–Crippen MR) is 80.1 cm³/mol. The van der Waals surface area contributed by atoms with Crippen molar-refractivity contribution in [3.8, 4) is 0 Å². The fourth-order valence-corrected chi connectivity index (χ4v) is 2.24. The molecule has 1 unspecified atom stereocenters. The molecule has 1 aromatic carbocycles. The predicted octanol–water partition coefficient (Wildman–Crippen LogP) is 2.33. The van der Waals surface area contributed by atoms with E-state index in [1.807, 2.05) is 14.0 Å². The topological polar surface area (TPSA) is 46.3 Å². The van der Waals surface area contributed by atoms with E-state index in [2.05, 4.69) is 45.0 Å². The van der Waals surface area contributed by atoms with Gasteiger partial charge in [0.1, 0.15) is 0 Å². The molecule has 0 bridgehead atoms. The van der Waals surface area contributed by atoms with E-state index in [1.165, 1.54) is 11.1 Å². The number of nitrogens with zero attached hydrogens (tertiary/aromatic N) is 1. The van der Waals surface area contributed by atoms with Gasteiger partial charge in [-0.3, -0.25) is 4.79 Å². The van der Waals surface area contributed by atoms with Gasteiger partial charge in [-0.1, -0.05) is 50.6 Å². The van der Waals surface area contributed by atoms with Crippen LogP contribution in [0.1, 0.15) is 31.9 Å². The molecule has 106 valence electrons. The molecular weight excluding hydrogens is 236 g/mol. The van der Waals surface area contributed by atoms with E-state index < -0.39 is 0 Å². The zero-order valence-electron chi connectivity index (χ0n) is 12.7. The lowest BCUT2D eigenvalue weighted by atomic mass is 9.83. The molecule has 19 heavy (non-hydrogen) atoms. The molecule has 1 atom stereocenters. The molecule has 2 N–H and O–H groups in total. The Labute approximate surface area is 116 Å². The third kappa shape index (κ3) is 4.06. The zero-order valence-corrected chi connectivity index (χ0v) is 12.7. The van der Waals surface area contributed by atoms with Crippen LogP contribution in [0.3, 0.4) is 0 Å². The van der Waals surface area contributed by atoms with Gasteiger partial charge in [-0.2, -0.15) is 0 Å². The van der Waals surface area contributed by atoms with Gasteiger partial charge < -0.3 is 10.6 Å². The first-order valence-electron chi connectivity index (χ1n) is 6.80. The maximum atomic E-state index is 12.1. The van der Waals surface area contributed by atoms with Crippen molar-refractivity contribution in [2.24, 2.45) is 11.7 Å². The van der Waals surface area contributed by atoms with Crippen LogP contribution in [0.2, 0.25) is 0 Å². The number of likely N-dealkylation sites (N-methyl/N-ethyl adjacent to an activating group) is 1. The molecule has 0 saturated carbocycles. The van der Waals surface area contributed by atoms with Crippen molar-refractivity contribution >= 4 is 5.91 Å². The number of hydrogen-bond acceptors (Lipinski definition) is 2. The van der Waals surface area contributed by atoms with E-state index in [9.17, 15) is 4.79 Å². The van der Waals surface area contributed by atoms with Crippen LogP contribution in [0.25, 0.3) is 0 Å². The molecule has 1 aromatic rings. The highest BCUT2D eigenvalue weighted by Gasteiger charge is 2.26. The highest BCUT2D eigenvalue weighted by molar-refractivity contribution is 5.78. The Balaban J connectivity index is 2.79. The van der Waals surface area contributed by atoms with Crippen molar-refractivity contribution in [3.05, 3.63) is 35.4 Å². The molecular formula is C16H26N2O. The lowest BCUT2D eigenvalue weighted by Gasteiger charge is -2.32. The van der Waals surface area contributed by atoms with Crippen molar-refractivity contribution in [2.45, 2.75) is 33.1 Å². The number of nitrogens with two attached hydrogens (primary N) is 1. The van der Waals surface area contributed by atoms with Crippen LogP contribution >= 0.6 is 0 Å². The van der Waals surface area contributed by atoms with Gasteiger partial charge in [0.2, 0.25) is 5.91 Å². The molecule has 0 fully saturated rings. The second-order valence-corrected chi connectivity index (χ2v) is 6.08. The van der Waals surface area contributed by atoms with Crippen LogP contribution < -0.4 is 5.73 Å². The first-order chi connectivity index (χ1) is 8.77. The van der Waals surface area contributed by atoms with Crippen LogP contribution in [0.15, 0.2) is 24.3 Å². The number of carbonyl (C=O) groups is 1. The number of hydrogen-bond donors (Lipinski definition) is 1. The number of benzene rings is 1. The Morgan fingerprint density at radius 3 is 2.32 bits per heavy atom. The minimum atomic E-state index is -0.112. The molecule has 0 heterocycles. The summed E-state index contributed by atoms with van der Waals surface area (Å²) >= 11 is 0. The fourth-order valence-electron chi connectivity index (χ4n) is 2.24. The van der Waals surface area contributed by atoms with Gasteiger partial charge >= 0.3 is 0 Å². The van der Waals surface area contributed by atoms with E-state index in [0.29, 0.717) is 13.1 Å². The molecule has 0 spiro atoms. The van der Waals surface area contributed by atoms with E-state index in [4.69, 9.17) is 5.73 Å². The summed E-state index contributed by atoms with van der Waals surface area (Å²) in [5.41, 5.74) is 7.99. The van der Waals surface area contributed by atoms with E-state index in [-0.39, 0.29) is 17.2 Å². The molecule has 0 saturated heterocycles. The normalized spacial score (nSPS) is 13.2. The quantitative estimate of drug-likeness (QED) is 0.885. The molecule has 0 radical (unpaired) electrons. The van der Waals surface area contributed by atoms with Gasteiger partial charge in [0, 0.05) is 31.5 Å². The average Bonchev–Trinajstić information content (AvgIpc) is 2.36. The van der Waals surface area contributed by atoms with Gasteiger partial charge in [-0.15, -0.1) is 0 Å². The summed E-state index contributed by atoms with van der Waals surface area (Å²) in [4.78, 5) is 13.9. The van der Waals surface area contributed by atoms with E-state index in [0.717, 1.165) is 0 Å². The Morgan fingerprint density at radius 2 is 1.84 bits per heavy atom. The Kier molecular flexibility index (Phi) is 5.12.